The summed E-state index contributed by atoms with van der Waals surface area (Å²) in [7, 11) is 0. The summed E-state index contributed by atoms with van der Waals surface area (Å²) in [4.78, 5) is 15.0. The summed E-state index contributed by atoms with van der Waals surface area (Å²) >= 11 is 0. The van der Waals surface area contributed by atoms with Gasteiger partial charge in [0.2, 0.25) is 0 Å². The second-order valence-corrected chi connectivity index (χ2v) is 1.71. The van der Waals surface area contributed by atoms with Crippen LogP contribution in [0.3, 0.4) is 0 Å². The van der Waals surface area contributed by atoms with Crippen molar-refractivity contribution in [3.8, 4) is 0 Å². The van der Waals surface area contributed by atoms with Crippen LogP contribution in [0.5, 0.6) is 0 Å². The summed E-state index contributed by atoms with van der Waals surface area (Å²) in [6, 6.07) is 0. The molecule has 0 aliphatic heterocycles. The molecular formula is C7H11NO3. The minimum Gasteiger partial charge on any atom is -0.477 e. The fourth-order valence-corrected chi connectivity index (χ4v) is 0.404. The molecule has 0 heterocycles. The van der Waals surface area contributed by atoms with Crippen LogP contribution in [0.15, 0.2) is 24.4 Å². The highest BCUT2D eigenvalue weighted by molar-refractivity contribution is 5.85. The molecule has 0 amide bonds. The Morgan fingerprint density at radius 2 is 2.45 bits per heavy atom. The molecule has 2 N–H and O–H groups in total. The maximum atomic E-state index is 10.3. The van der Waals surface area contributed by atoms with Gasteiger partial charge in [-0.1, -0.05) is 12.2 Å². The normalized spacial score (nSPS) is 10.8. The first-order valence-corrected chi connectivity index (χ1v) is 3.10. The number of nitrogens with one attached hydrogen (secondary N) is 1. The number of carboxylic acid groups (broad SMARTS) is 1. The number of carbonyl (C=O) groups is 1. The Kier molecular flexibility index (Phi) is 4.85. The molecule has 4 heteroatoms. The summed E-state index contributed by atoms with van der Waals surface area (Å²) in [6.45, 7) is 5.27. The van der Waals surface area contributed by atoms with Gasteiger partial charge in [-0.3, -0.25) is 10.3 Å². The van der Waals surface area contributed by atoms with Crippen molar-refractivity contribution in [1.29, 1.82) is 0 Å². The summed E-state index contributed by atoms with van der Waals surface area (Å²) in [5, 5.41) is 8.44. The number of hydroxylamine groups is 1. The minimum absolute atomic E-state index is 0.0202. The molecule has 0 saturated carbocycles. The predicted molar refractivity (Wildman–Crippen MR) is 40.7 cm³/mol. The monoisotopic (exact) mass is 157 g/mol. The molecule has 0 saturated heterocycles. The van der Waals surface area contributed by atoms with Crippen molar-refractivity contribution in [2.45, 2.75) is 6.92 Å². The second-order valence-electron chi connectivity index (χ2n) is 1.71. The number of carboxylic acids is 1. The lowest BCUT2D eigenvalue weighted by Gasteiger charge is -2.03. The van der Waals surface area contributed by atoms with Crippen molar-refractivity contribution in [2.24, 2.45) is 0 Å². The maximum absolute atomic E-state index is 10.3. The van der Waals surface area contributed by atoms with Crippen molar-refractivity contribution in [3.05, 3.63) is 24.4 Å². The summed E-state index contributed by atoms with van der Waals surface area (Å²) < 4.78 is 0. The first-order valence-electron chi connectivity index (χ1n) is 3.10. The Hall–Kier alpha value is -1.29. The number of hydrogen-bond acceptors (Lipinski definition) is 3. The molecule has 62 valence electrons. The van der Waals surface area contributed by atoms with E-state index in [-0.39, 0.29) is 12.3 Å². The molecule has 0 spiro atoms. The molecule has 0 aliphatic rings. The van der Waals surface area contributed by atoms with Gasteiger partial charge in [-0.2, -0.15) is 0 Å². The Bertz CT molecular complexity index is 175. The van der Waals surface area contributed by atoms with E-state index in [1.54, 1.807) is 6.92 Å². The number of hydrogen-bond donors (Lipinski definition) is 2. The van der Waals surface area contributed by atoms with Crippen LogP contribution in [0.4, 0.5) is 0 Å². The third kappa shape index (κ3) is 4.16. The van der Waals surface area contributed by atoms with Gasteiger partial charge in [0.1, 0.15) is 5.70 Å². The zero-order chi connectivity index (χ0) is 8.69. The van der Waals surface area contributed by atoms with Gasteiger partial charge in [0.05, 0.1) is 6.61 Å². The van der Waals surface area contributed by atoms with Gasteiger partial charge in [-0.25, -0.2) is 4.79 Å². The van der Waals surface area contributed by atoms with Crippen LogP contribution in [0.2, 0.25) is 0 Å². The average Bonchev–Trinajstić information content (AvgIpc) is 1.97. The number of aliphatic carboxylic acids is 1. The average molecular weight is 157 g/mol. The Labute approximate surface area is 65.1 Å². The highest BCUT2D eigenvalue weighted by Crippen LogP contribution is 1.87. The van der Waals surface area contributed by atoms with E-state index in [0.717, 1.165) is 0 Å². The Balaban J connectivity index is 3.72. The molecule has 0 bridgehead atoms. The quantitative estimate of drug-likeness (QED) is 0.267. The van der Waals surface area contributed by atoms with E-state index >= 15 is 0 Å². The van der Waals surface area contributed by atoms with Crippen LogP contribution in [0.25, 0.3) is 0 Å². The molecule has 0 aliphatic carbocycles. The standard InChI is InChI=1S/C7H11NO3/c1-3-5-11-8-6(4-2)7(9)10/h3-4,8H,1,5H2,2H3,(H,9,10). The lowest BCUT2D eigenvalue weighted by Crippen LogP contribution is -2.20. The number of rotatable bonds is 5. The topological polar surface area (TPSA) is 58.6 Å². The first-order chi connectivity index (χ1) is 5.22. The van der Waals surface area contributed by atoms with Crippen molar-refractivity contribution in [1.82, 2.24) is 5.48 Å². The van der Waals surface area contributed by atoms with Gasteiger partial charge in [-0.15, -0.1) is 6.58 Å². The van der Waals surface area contributed by atoms with E-state index in [2.05, 4.69) is 16.9 Å². The van der Waals surface area contributed by atoms with Crippen LogP contribution in [0, 0.1) is 0 Å². The van der Waals surface area contributed by atoms with E-state index in [1.165, 1.54) is 12.2 Å². The third-order valence-corrected chi connectivity index (χ3v) is 0.902. The zero-order valence-corrected chi connectivity index (χ0v) is 6.33. The smallest absolute Gasteiger partial charge is 0.353 e. The summed E-state index contributed by atoms with van der Waals surface area (Å²) in [5.74, 6) is -1.04. The molecule has 0 radical (unpaired) electrons. The van der Waals surface area contributed by atoms with E-state index in [9.17, 15) is 4.79 Å². The molecule has 0 aromatic carbocycles. The molecule has 0 aromatic heterocycles. The molecule has 4 nitrogen and oxygen atoms in total. The highest BCUT2D eigenvalue weighted by atomic mass is 16.6. The van der Waals surface area contributed by atoms with Crippen molar-refractivity contribution < 1.29 is 14.7 Å². The predicted octanol–water partition coefficient (Wildman–Crippen LogP) is 0.682. The highest BCUT2D eigenvalue weighted by Gasteiger charge is 2.02. The Morgan fingerprint density at radius 1 is 1.82 bits per heavy atom. The van der Waals surface area contributed by atoms with Gasteiger partial charge in [0, 0.05) is 0 Å². The Morgan fingerprint density at radius 3 is 2.82 bits per heavy atom. The van der Waals surface area contributed by atoms with Crippen molar-refractivity contribution in [3.63, 3.8) is 0 Å². The van der Waals surface area contributed by atoms with Crippen LogP contribution < -0.4 is 5.48 Å². The fraction of sp³-hybridized carbons (Fsp3) is 0.286. The van der Waals surface area contributed by atoms with Crippen LogP contribution in [-0.2, 0) is 9.63 Å². The maximum Gasteiger partial charge on any atom is 0.353 e. The van der Waals surface area contributed by atoms with Crippen LogP contribution in [0.1, 0.15) is 6.92 Å². The van der Waals surface area contributed by atoms with Gasteiger partial charge in [0.25, 0.3) is 0 Å². The third-order valence-electron chi connectivity index (χ3n) is 0.902. The lowest BCUT2D eigenvalue weighted by molar-refractivity contribution is -0.134. The fourth-order valence-electron chi connectivity index (χ4n) is 0.404. The lowest BCUT2D eigenvalue weighted by atomic mass is 10.4. The van der Waals surface area contributed by atoms with E-state index in [4.69, 9.17) is 5.11 Å². The molecule has 11 heavy (non-hydrogen) atoms. The van der Waals surface area contributed by atoms with Crippen molar-refractivity contribution >= 4 is 5.97 Å². The molecular weight excluding hydrogens is 146 g/mol. The van der Waals surface area contributed by atoms with Gasteiger partial charge >= 0.3 is 5.97 Å². The molecule has 0 unspecified atom stereocenters. The second kappa shape index (κ2) is 5.49. The van der Waals surface area contributed by atoms with Crippen molar-refractivity contribution in [2.75, 3.05) is 6.61 Å². The van der Waals surface area contributed by atoms with E-state index in [0.29, 0.717) is 0 Å². The van der Waals surface area contributed by atoms with Crippen LogP contribution in [-0.4, -0.2) is 17.7 Å². The summed E-state index contributed by atoms with van der Waals surface area (Å²) in [6.07, 6.45) is 2.92. The molecule has 0 fully saturated rings. The SMILES string of the molecule is C=CCONC(=CC)C(=O)O. The van der Waals surface area contributed by atoms with Gasteiger partial charge < -0.3 is 5.11 Å². The van der Waals surface area contributed by atoms with E-state index in [1.807, 2.05) is 0 Å². The molecule has 0 aromatic rings. The minimum atomic E-state index is -1.04. The van der Waals surface area contributed by atoms with E-state index < -0.39 is 5.97 Å². The molecule has 0 rings (SSSR count). The zero-order valence-electron chi connectivity index (χ0n) is 6.33. The number of allylic oxidation sites excluding steroid dienone is 1. The summed E-state index contributed by atoms with van der Waals surface area (Å²) in [5.41, 5.74) is 2.28. The largest absolute Gasteiger partial charge is 0.477 e. The van der Waals surface area contributed by atoms with Gasteiger partial charge in [0.15, 0.2) is 0 Å². The van der Waals surface area contributed by atoms with Crippen LogP contribution >= 0.6 is 0 Å². The molecule has 0 atom stereocenters. The van der Waals surface area contributed by atoms with Gasteiger partial charge in [-0.05, 0) is 6.92 Å². The first kappa shape index (κ1) is 9.71.